The minimum Gasteiger partial charge on any atom is -0.373 e. The number of aromatic nitrogens is 3. The molecule has 2 heterocycles. The van der Waals surface area contributed by atoms with Gasteiger partial charge in [0.05, 0.1) is 18.9 Å². The maximum atomic E-state index is 5.75. The third kappa shape index (κ3) is 3.45. The Morgan fingerprint density at radius 3 is 2.73 bits per heavy atom. The summed E-state index contributed by atoms with van der Waals surface area (Å²) in [5.74, 6) is 0.817. The predicted molar refractivity (Wildman–Crippen MR) is 89.2 cm³/mol. The minimum atomic E-state index is -0.111. The molecule has 118 valence electrons. The quantitative estimate of drug-likeness (QED) is 0.884. The van der Waals surface area contributed by atoms with E-state index in [-0.39, 0.29) is 5.60 Å². The normalized spacial score (nSPS) is 18.5. The predicted octanol–water partition coefficient (Wildman–Crippen LogP) is 2.98. The average molecular weight is 318 g/mol. The first-order chi connectivity index (χ1) is 10.4. The number of hydrogen-bond acceptors (Lipinski definition) is 4. The van der Waals surface area contributed by atoms with Crippen LogP contribution >= 0.6 is 12.2 Å². The van der Waals surface area contributed by atoms with Crippen molar-refractivity contribution in [2.75, 3.05) is 19.7 Å². The highest BCUT2D eigenvalue weighted by Gasteiger charge is 2.27. The fourth-order valence-corrected chi connectivity index (χ4v) is 2.92. The number of benzene rings is 1. The third-order valence-electron chi connectivity index (χ3n) is 3.85. The molecular formula is C16H22N4OS. The molecule has 0 bridgehead atoms. The highest BCUT2D eigenvalue weighted by Crippen LogP contribution is 2.18. The first-order valence-corrected chi connectivity index (χ1v) is 7.94. The molecule has 0 unspecified atom stereocenters. The van der Waals surface area contributed by atoms with Crippen LogP contribution in [0.3, 0.4) is 0 Å². The molecule has 2 aromatic rings. The van der Waals surface area contributed by atoms with Crippen LogP contribution in [0.5, 0.6) is 0 Å². The van der Waals surface area contributed by atoms with E-state index in [1.54, 1.807) is 0 Å². The third-order valence-corrected chi connectivity index (χ3v) is 4.16. The molecule has 22 heavy (non-hydrogen) atoms. The van der Waals surface area contributed by atoms with Crippen LogP contribution < -0.4 is 0 Å². The summed E-state index contributed by atoms with van der Waals surface area (Å²) in [6.45, 7) is 9.55. The van der Waals surface area contributed by atoms with Gasteiger partial charge in [0.15, 0.2) is 5.82 Å². The number of aromatic amines is 1. The first-order valence-electron chi connectivity index (χ1n) is 7.53. The number of nitrogens with zero attached hydrogens (tertiary/aromatic N) is 3. The van der Waals surface area contributed by atoms with E-state index < -0.39 is 0 Å². The Labute approximate surface area is 135 Å². The molecule has 0 saturated carbocycles. The van der Waals surface area contributed by atoms with Crippen LogP contribution in [0.4, 0.5) is 0 Å². The summed E-state index contributed by atoms with van der Waals surface area (Å²) in [7, 11) is 0. The van der Waals surface area contributed by atoms with Crippen molar-refractivity contribution in [1.29, 1.82) is 0 Å². The number of H-pyrrole nitrogens is 1. The zero-order valence-electron chi connectivity index (χ0n) is 13.3. The van der Waals surface area contributed by atoms with Crippen molar-refractivity contribution in [3.8, 4) is 11.4 Å². The van der Waals surface area contributed by atoms with Gasteiger partial charge in [0.25, 0.3) is 0 Å². The molecule has 3 rings (SSSR count). The van der Waals surface area contributed by atoms with Gasteiger partial charge in [-0.05, 0) is 33.0 Å². The molecule has 0 radical (unpaired) electrons. The van der Waals surface area contributed by atoms with E-state index in [4.69, 9.17) is 17.0 Å². The summed E-state index contributed by atoms with van der Waals surface area (Å²) in [5.41, 5.74) is 2.18. The van der Waals surface area contributed by atoms with Crippen LogP contribution in [0.1, 0.15) is 19.4 Å². The second-order valence-electron chi connectivity index (χ2n) is 6.45. The van der Waals surface area contributed by atoms with Gasteiger partial charge in [-0.2, -0.15) is 4.98 Å². The lowest BCUT2D eigenvalue weighted by molar-refractivity contribution is -0.0946. The SMILES string of the molecule is Cc1ccc(-c2nc(=S)n(CN3CCOC(C)(C)C3)[nH]2)cc1. The van der Waals surface area contributed by atoms with Crippen molar-refractivity contribution in [2.45, 2.75) is 33.0 Å². The fourth-order valence-electron chi connectivity index (χ4n) is 2.73. The molecule has 0 atom stereocenters. The summed E-state index contributed by atoms with van der Waals surface area (Å²) in [6.07, 6.45) is 0. The van der Waals surface area contributed by atoms with E-state index in [9.17, 15) is 0 Å². The second-order valence-corrected chi connectivity index (χ2v) is 6.82. The molecule has 5 nitrogen and oxygen atoms in total. The van der Waals surface area contributed by atoms with E-state index in [0.29, 0.717) is 11.4 Å². The molecule has 1 aromatic carbocycles. The van der Waals surface area contributed by atoms with Gasteiger partial charge in [-0.25, -0.2) is 4.68 Å². The molecule has 6 heteroatoms. The first kappa shape index (κ1) is 15.4. The van der Waals surface area contributed by atoms with Crippen LogP contribution in [0.25, 0.3) is 11.4 Å². The molecule has 1 N–H and O–H groups in total. The second kappa shape index (κ2) is 5.95. The lowest BCUT2D eigenvalue weighted by Gasteiger charge is -2.37. The van der Waals surface area contributed by atoms with Crippen molar-refractivity contribution < 1.29 is 4.74 Å². The molecule has 0 amide bonds. The maximum Gasteiger partial charge on any atom is 0.217 e. The highest BCUT2D eigenvalue weighted by molar-refractivity contribution is 7.71. The smallest absolute Gasteiger partial charge is 0.217 e. The Bertz CT molecular complexity index is 702. The topological polar surface area (TPSA) is 46.1 Å². The van der Waals surface area contributed by atoms with Crippen LogP contribution in [-0.4, -0.2) is 45.0 Å². The Hall–Kier alpha value is -1.50. The molecule has 1 aliphatic rings. The van der Waals surface area contributed by atoms with E-state index in [1.807, 2.05) is 4.68 Å². The van der Waals surface area contributed by atoms with Gasteiger partial charge < -0.3 is 4.74 Å². The Kier molecular flexibility index (Phi) is 4.16. The van der Waals surface area contributed by atoms with Gasteiger partial charge in [-0.15, -0.1) is 0 Å². The molecule has 1 saturated heterocycles. The molecule has 1 fully saturated rings. The summed E-state index contributed by atoms with van der Waals surface area (Å²) in [4.78, 5) is 6.81. The van der Waals surface area contributed by atoms with Crippen molar-refractivity contribution in [2.24, 2.45) is 0 Å². The molecule has 0 aliphatic carbocycles. The van der Waals surface area contributed by atoms with E-state index >= 15 is 0 Å². The number of rotatable bonds is 3. The summed E-state index contributed by atoms with van der Waals surface area (Å²) in [5, 5.41) is 3.31. The number of ether oxygens (including phenoxy) is 1. The van der Waals surface area contributed by atoms with Gasteiger partial charge in [-0.1, -0.05) is 29.8 Å². The Morgan fingerprint density at radius 2 is 2.05 bits per heavy atom. The maximum absolute atomic E-state index is 5.75. The summed E-state index contributed by atoms with van der Waals surface area (Å²) >= 11 is 5.39. The van der Waals surface area contributed by atoms with Gasteiger partial charge in [0.1, 0.15) is 0 Å². The lowest BCUT2D eigenvalue weighted by atomic mass is 10.1. The zero-order valence-corrected chi connectivity index (χ0v) is 14.1. The van der Waals surface area contributed by atoms with Crippen molar-refractivity contribution in [3.05, 3.63) is 34.6 Å². The largest absolute Gasteiger partial charge is 0.373 e. The van der Waals surface area contributed by atoms with Crippen LogP contribution in [0.15, 0.2) is 24.3 Å². The van der Waals surface area contributed by atoms with E-state index in [2.05, 4.69) is 60.0 Å². The Morgan fingerprint density at radius 1 is 1.32 bits per heavy atom. The zero-order chi connectivity index (χ0) is 15.7. The Balaban J connectivity index is 1.78. The fraction of sp³-hybridized carbons (Fsp3) is 0.500. The standard InChI is InChI=1S/C16H22N4OS/c1-12-4-6-13(7-5-12)14-17-15(22)20(18-14)11-19-8-9-21-16(2,3)10-19/h4-7H,8-11H2,1-3H3,(H,17,18,22). The summed E-state index contributed by atoms with van der Waals surface area (Å²) in [6, 6.07) is 8.28. The molecule has 0 spiro atoms. The average Bonchev–Trinajstić information content (AvgIpc) is 2.80. The number of aryl methyl sites for hydroxylation is 1. The molecule has 1 aromatic heterocycles. The van der Waals surface area contributed by atoms with Gasteiger partial charge >= 0.3 is 0 Å². The monoisotopic (exact) mass is 318 g/mol. The van der Waals surface area contributed by atoms with Crippen LogP contribution in [0, 0.1) is 11.7 Å². The van der Waals surface area contributed by atoms with Gasteiger partial charge in [0.2, 0.25) is 4.77 Å². The van der Waals surface area contributed by atoms with E-state index in [0.717, 1.165) is 31.1 Å². The van der Waals surface area contributed by atoms with Crippen LogP contribution in [-0.2, 0) is 11.4 Å². The van der Waals surface area contributed by atoms with Crippen LogP contribution in [0.2, 0.25) is 0 Å². The molecular weight excluding hydrogens is 296 g/mol. The summed E-state index contributed by atoms with van der Waals surface area (Å²) < 4.78 is 8.25. The van der Waals surface area contributed by atoms with Gasteiger partial charge in [0, 0.05) is 18.7 Å². The number of nitrogens with one attached hydrogen (secondary N) is 1. The number of morpholine rings is 1. The van der Waals surface area contributed by atoms with E-state index in [1.165, 1.54) is 5.56 Å². The van der Waals surface area contributed by atoms with Crippen molar-refractivity contribution in [3.63, 3.8) is 0 Å². The minimum absolute atomic E-state index is 0.111. The number of hydrogen-bond donors (Lipinski definition) is 1. The molecule has 1 aliphatic heterocycles. The van der Waals surface area contributed by atoms with Gasteiger partial charge in [-0.3, -0.25) is 10.00 Å². The highest BCUT2D eigenvalue weighted by atomic mass is 32.1. The van der Waals surface area contributed by atoms with Crippen molar-refractivity contribution >= 4 is 12.2 Å². The van der Waals surface area contributed by atoms with Crippen molar-refractivity contribution in [1.82, 2.24) is 19.7 Å². The lowest BCUT2D eigenvalue weighted by Crippen LogP contribution is -2.48.